The summed E-state index contributed by atoms with van der Waals surface area (Å²) in [5.41, 5.74) is 0.455. The minimum atomic E-state index is -4.02. The molecule has 0 spiro atoms. The third-order valence-corrected chi connectivity index (χ3v) is 7.59. The molecule has 1 saturated heterocycles. The quantitative estimate of drug-likeness (QED) is 0.441. The second-order valence-corrected chi connectivity index (χ2v) is 10.3. The summed E-state index contributed by atoms with van der Waals surface area (Å²) in [5.74, 6) is -2.29. The highest BCUT2D eigenvalue weighted by Crippen LogP contribution is 2.24. The first-order chi connectivity index (χ1) is 16.8. The van der Waals surface area contributed by atoms with E-state index in [0.29, 0.717) is 12.3 Å². The van der Waals surface area contributed by atoms with E-state index in [-0.39, 0.29) is 42.0 Å². The lowest BCUT2D eigenvalue weighted by molar-refractivity contribution is 0.0736. The molecule has 0 bridgehead atoms. The standard InChI is InChI=1S/C25H27F2N3O4S/c1-2-29(24(31)21-10-4-6-12-23(21)27)15-19-14-28-25(30(19)16-20-9-7-13-34-20)35(32,33)17-18-8-3-5-11-22(18)26/h3-6,8,10-12,14,20H,2,7,9,13,15-17H2,1H3. The van der Waals surface area contributed by atoms with E-state index in [1.165, 1.54) is 52.1 Å². The average Bonchev–Trinajstić information content (AvgIpc) is 3.49. The van der Waals surface area contributed by atoms with Crippen molar-refractivity contribution in [1.82, 2.24) is 14.5 Å². The maximum atomic E-state index is 14.2. The molecule has 1 unspecified atom stereocenters. The number of sulfone groups is 1. The van der Waals surface area contributed by atoms with Crippen LogP contribution in [0.5, 0.6) is 0 Å². The van der Waals surface area contributed by atoms with Gasteiger partial charge < -0.3 is 14.2 Å². The number of nitrogens with zero attached hydrogens (tertiary/aromatic N) is 3. The topological polar surface area (TPSA) is 81.5 Å². The second kappa shape index (κ2) is 10.7. The summed E-state index contributed by atoms with van der Waals surface area (Å²) in [5, 5.41) is -0.208. The van der Waals surface area contributed by atoms with E-state index in [1.54, 1.807) is 19.1 Å². The molecule has 3 aromatic rings. The highest BCUT2D eigenvalue weighted by atomic mass is 32.2. The zero-order chi connectivity index (χ0) is 25.0. The van der Waals surface area contributed by atoms with Crippen LogP contribution in [0.15, 0.2) is 59.9 Å². The molecule has 2 aromatic carbocycles. The average molecular weight is 504 g/mol. The van der Waals surface area contributed by atoms with E-state index in [1.807, 2.05) is 0 Å². The number of aromatic nitrogens is 2. The lowest BCUT2D eigenvalue weighted by Crippen LogP contribution is -2.32. The monoisotopic (exact) mass is 503 g/mol. The van der Waals surface area contributed by atoms with E-state index < -0.39 is 33.1 Å². The number of ether oxygens (including phenoxy) is 1. The van der Waals surface area contributed by atoms with Crippen molar-refractivity contribution in [3.8, 4) is 0 Å². The normalized spacial score (nSPS) is 15.9. The van der Waals surface area contributed by atoms with Crippen LogP contribution >= 0.6 is 0 Å². The molecule has 1 aromatic heterocycles. The number of amides is 1. The van der Waals surface area contributed by atoms with Gasteiger partial charge in [-0.3, -0.25) is 4.79 Å². The molecule has 2 heterocycles. The van der Waals surface area contributed by atoms with Crippen molar-refractivity contribution in [1.29, 1.82) is 0 Å². The lowest BCUT2D eigenvalue weighted by Gasteiger charge is -2.23. The predicted molar refractivity (Wildman–Crippen MR) is 125 cm³/mol. The third kappa shape index (κ3) is 5.59. The van der Waals surface area contributed by atoms with Gasteiger partial charge in [-0.05, 0) is 38.0 Å². The molecule has 1 fully saturated rings. The summed E-state index contributed by atoms with van der Waals surface area (Å²) < 4.78 is 62.3. The van der Waals surface area contributed by atoms with Gasteiger partial charge in [0.1, 0.15) is 11.6 Å². The predicted octanol–water partition coefficient (Wildman–Crippen LogP) is 3.98. The van der Waals surface area contributed by atoms with Gasteiger partial charge in [0.05, 0.1) is 42.4 Å². The molecule has 1 aliphatic rings. The Morgan fingerprint density at radius 1 is 1.14 bits per heavy atom. The fourth-order valence-electron chi connectivity index (χ4n) is 4.17. The van der Waals surface area contributed by atoms with Crippen LogP contribution in [0, 0.1) is 11.6 Å². The third-order valence-electron chi connectivity index (χ3n) is 6.02. The Hall–Kier alpha value is -3.11. The minimum Gasteiger partial charge on any atom is -0.376 e. The minimum absolute atomic E-state index is 0.0264. The first kappa shape index (κ1) is 25.0. The molecule has 186 valence electrons. The molecular weight excluding hydrogens is 476 g/mol. The molecule has 0 saturated carbocycles. The summed E-state index contributed by atoms with van der Waals surface area (Å²) >= 11 is 0. The van der Waals surface area contributed by atoms with E-state index in [9.17, 15) is 22.0 Å². The van der Waals surface area contributed by atoms with Crippen LogP contribution in [0.25, 0.3) is 0 Å². The number of benzene rings is 2. The van der Waals surface area contributed by atoms with Crippen LogP contribution in [0.4, 0.5) is 8.78 Å². The first-order valence-electron chi connectivity index (χ1n) is 11.5. The number of hydrogen-bond acceptors (Lipinski definition) is 5. The van der Waals surface area contributed by atoms with Crippen LogP contribution < -0.4 is 0 Å². The Morgan fingerprint density at radius 3 is 2.51 bits per heavy atom. The molecule has 0 N–H and O–H groups in total. The Morgan fingerprint density at radius 2 is 1.86 bits per heavy atom. The molecule has 35 heavy (non-hydrogen) atoms. The van der Waals surface area contributed by atoms with Gasteiger partial charge in [-0.1, -0.05) is 30.3 Å². The number of rotatable bonds is 9. The van der Waals surface area contributed by atoms with Crippen LogP contribution in [0.1, 0.15) is 41.4 Å². The van der Waals surface area contributed by atoms with Gasteiger partial charge in [0.25, 0.3) is 5.91 Å². The van der Waals surface area contributed by atoms with E-state index in [2.05, 4.69) is 4.98 Å². The van der Waals surface area contributed by atoms with Crippen molar-refractivity contribution in [2.45, 2.75) is 49.9 Å². The number of halogens is 2. The Bertz CT molecular complexity index is 1300. The summed E-state index contributed by atoms with van der Waals surface area (Å²) in [6.45, 7) is 2.87. The van der Waals surface area contributed by atoms with Gasteiger partial charge in [0.2, 0.25) is 15.0 Å². The van der Waals surface area contributed by atoms with Crippen LogP contribution in [0.3, 0.4) is 0 Å². The fourth-order valence-corrected chi connectivity index (χ4v) is 5.68. The van der Waals surface area contributed by atoms with Gasteiger partial charge in [-0.25, -0.2) is 22.2 Å². The van der Waals surface area contributed by atoms with Gasteiger partial charge in [-0.15, -0.1) is 0 Å². The number of carbonyl (C=O) groups excluding carboxylic acids is 1. The molecule has 1 amide bonds. The molecule has 10 heteroatoms. The zero-order valence-corrected chi connectivity index (χ0v) is 20.2. The Balaban J connectivity index is 1.67. The largest absolute Gasteiger partial charge is 0.376 e. The molecule has 1 aliphatic heterocycles. The smallest absolute Gasteiger partial charge is 0.257 e. The number of carbonyl (C=O) groups is 1. The highest BCUT2D eigenvalue weighted by molar-refractivity contribution is 7.90. The summed E-state index contributed by atoms with van der Waals surface area (Å²) in [6.07, 6.45) is 2.82. The zero-order valence-electron chi connectivity index (χ0n) is 19.4. The molecule has 0 aliphatic carbocycles. The van der Waals surface area contributed by atoms with Gasteiger partial charge >= 0.3 is 0 Å². The van der Waals surface area contributed by atoms with Crippen molar-refractivity contribution < 1.29 is 26.7 Å². The molecular formula is C25H27F2N3O4S. The highest BCUT2D eigenvalue weighted by Gasteiger charge is 2.29. The number of imidazole rings is 1. The van der Waals surface area contributed by atoms with Gasteiger partial charge in [0.15, 0.2) is 0 Å². The summed E-state index contributed by atoms with van der Waals surface area (Å²) in [7, 11) is -4.02. The van der Waals surface area contributed by atoms with Crippen molar-refractivity contribution in [2.75, 3.05) is 13.2 Å². The van der Waals surface area contributed by atoms with E-state index in [0.717, 1.165) is 12.8 Å². The first-order valence-corrected chi connectivity index (χ1v) is 13.1. The molecule has 0 radical (unpaired) electrons. The van der Waals surface area contributed by atoms with Crippen molar-refractivity contribution >= 4 is 15.7 Å². The van der Waals surface area contributed by atoms with Crippen molar-refractivity contribution in [2.24, 2.45) is 0 Å². The van der Waals surface area contributed by atoms with Gasteiger partial charge in [0, 0.05) is 18.7 Å². The Labute approximate surface area is 203 Å². The Kier molecular flexibility index (Phi) is 7.61. The van der Waals surface area contributed by atoms with E-state index >= 15 is 0 Å². The maximum absolute atomic E-state index is 14.2. The molecule has 4 rings (SSSR count). The van der Waals surface area contributed by atoms with Crippen LogP contribution in [0.2, 0.25) is 0 Å². The van der Waals surface area contributed by atoms with Gasteiger partial charge in [-0.2, -0.15) is 0 Å². The van der Waals surface area contributed by atoms with Crippen molar-refractivity contribution in [3.63, 3.8) is 0 Å². The van der Waals surface area contributed by atoms with Crippen molar-refractivity contribution in [3.05, 3.63) is 83.2 Å². The molecule has 1 atom stereocenters. The fraction of sp³-hybridized carbons (Fsp3) is 0.360. The maximum Gasteiger partial charge on any atom is 0.257 e. The van der Waals surface area contributed by atoms with Crippen LogP contribution in [-0.4, -0.2) is 48.0 Å². The molecule has 7 nitrogen and oxygen atoms in total. The second-order valence-electron chi connectivity index (χ2n) is 8.43. The van der Waals surface area contributed by atoms with Crippen LogP contribution in [-0.2, 0) is 33.4 Å². The summed E-state index contributed by atoms with van der Waals surface area (Å²) in [6, 6.07) is 11.4. The number of hydrogen-bond donors (Lipinski definition) is 0. The van der Waals surface area contributed by atoms with E-state index in [4.69, 9.17) is 4.74 Å². The lowest BCUT2D eigenvalue weighted by atomic mass is 10.2. The SMILES string of the molecule is CCN(Cc1cnc(S(=O)(=O)Cc2ccccc2F)n1CC1CCCO1)C(=O)c1ccccc1F. The summed E-state index contributed by atoms with van der Waals surface area (Å²) in [4.78, 5) is 18.6.